The molecule has 1 aliphatic rings. The summed E-state index contributed by atoms with van der Waals surface area (Å²) in [6.07, 6.45) is 1.45. The van der Waals surface area contributed by atoms with Crippen molar-refractivity contribution in [3.63, 3.8) is 0 Å². The number of benzene rings is 2. The van der Waals surface area contributed by atoms with Gasteiger partial charge in [-0.15, -0.1) is 5.10 Å². The van der Waals surface area contributed by atoms with Crippen LogP contribution in [0.2, 0.25) is 0 Å². The minimum atomic E-state index is -0.383. The Morgan fingerprint density at radius 3 is 2.21 bits per heavy atom. The first-order valence-corrected chi connectivity index (χ1v) is 13.5. The number of amides is 1. The Morgan fingerprint density at radius 2 is 1.52 bits per heavy atom. The third-order valence-corrected chi connectivity index (χ3v) is 6.65. The first-order valence-electron chi connectivity index (χ1n) is 13.5. The maximum absolute atomic E-state index is 13.6. The predicted octanol–water partition coefficient (Wildman–Crippen LogP) is 3.07. The van der Waals surface area contributed by atoms with E-state index in [0.717, 1.165) is 0 Å². The molecule has 0 spiro atoms. The van der Waals surface area contributed by atoms with Crippen LogP contribution in [0.3, 0.4) is 0 Å². The molecule has 220 valence electrons. The van der Waals surface area contributed by atoms with E-state index in [1.807, 2.05) is 0 Å². The largest absolute Gasteiger partial charge is 0.475 e. The fourth-order valence-corrected chi connectivity index (χ4v) is 4.43. The predicted molar refractivity (Wildman–Crippen MR) is 150 cm³/mol. The van der Waals surface area contributed by atoms with E-state index in [0.29, 0.717) is 87.1 Å². The van der Waals surface area contributed by atoms with Gasteiger partial charge < -0.3 is 24.0 Å². The number of methoxy groups -OCH3 is 1. The van der Waals surface area contributed by atoms with Gasteiger partial charge in [-0.3, -0.25) is 4.79 Å². The molecule has 1 fully saturated rings. The van der Waals surface area contributed by atoms with Crippen LogP contribution in [0.5, 0.6) is 5.88 Å². The average Bonchev–Trinajstić information content (AvgIpc) is 3.43. The number of hydrogen-bond acceptors (Lipinski definition) is 9. The van der Waals surface area contributed by atoms with Crippen molar-refractivity contribution in [3.8, 4) is 28.7 Å². The number of ether oxygens (including phenoxy) is 3. The Balaban J connectivity index is 1.21. The summed E-state index contributed by atoms with van der Waals surface area (Å²) in [5, 5.41) is 4.55. The highest BCUT2D eigenvalue weighted by molar-refractivity contribution is 5.77. The zero-order valence-corrected chi connectivity index (χ0v) is 23.2. The summed E-state index contributed by atoms with van der Waals surface area (Å²) in [4.78, 5) is 30.3. The molecule has 0 atom stereocenters. The standard InChI is InChI=1S/C29H31F2N7O4/c1-40-14-15-41-16-17-42-26-18-25(32-20-33-26)36-10-12-37(13-11-36)27(39)19-38-29(22-4-8-24(31)9-5-22)34-28(35-38)21-2-6-23(30)7-3-21/h2-9,18,20H,10-17,19H2,1H3. The van der Waals surface area contributed by atoms with Crippen molar-refractivity contribution in [3.05, 3.63) is 72.6 Å². The van der Waals surface area contributed by atoms with Gasteiger partial charge in [0, 0.05) is 50.5 Å². The maximum atomic E-state index is 13.6. The summed E-state index contributed by atoms with van der Waals surface area (Å²) >= 11 is 0. The fourth-order valence-electron chi connectivity index (χ4n) is 4.43. The third kappa shape index (κ3) is 7.42. The van der Waals surface area contributed by atoms with Crippen molar-refractivity contribution in [1.29, 1.82) is 0 Å². The molecule has 0 radical (unpaired) electrons. The van der Waals surface area contributed by atoms with Crippen LogP contribution in [0, 0.1) is 11.6 Å². The van der Waals surface area contributed by atoms with Crippen LogP contribution in [0.25, 0.3) is 22.8 Å². The van der Waals surface area contributed by atoms with Gasteiger partial charge in [0.15, 0.2) is 11.6 Å². The molecule has 0 saturated carbocycles. The molecule has 4 aromatic rings. The minimum absolute atomic E-state index is 0.0567. The lowest BCUT2D eigenvalue weighted by molar-refractivity contribution is -0.132. The molecule has 0 N–H and O–H groups in total. The third-order valence-electron chi connectivity index (χ3n) is 6.65. The summed E-state index contributed by atoms with van der Waals surface area (Å²) in [5.74, 6) is 1.03. The molecule has 13 heteroatoms. The molecule has 5 rings (SSSR count). The molecule has 2 aromatic heterocycles. The lowest BCUT2D eigenvalue weighted by Gasteiger charge is -2.35. The Bertz CT molecular complexity index is 1460. The number of aromatic nitrogens is 5. The molecular formula is C29H31F2N7O4. The van der Waals surface area contributed by atoms with E-state index >= 15 is 0 Å². The van der Waals surface area contributed by atoms with Gasteiger partial charge in [0.2, 0.25) is 11.8 Å². The zero-order valence-electron chi connectivity index (χ0n) is 23.2. The lowest BCUT2D eigenvalue weighted by Crippen LogP contribution is -2.50. The molecule has 1 saturated heterocycles. The number of anilines is 1. The van der Waals surface area contributed by atoms with Crippen LogP contribution in [-0.4, -0.2) is 95.3 Å². The van der Waals surface area contributed by atoms with E-state index in [2.05, 4.69) is 25.0 Å². The van der Waals surface area contributed by atoms with Crippen molar-refractivity contribution in [2.75, 3.05) is 64.6 Å². The first kappa shape index (κ1) is 29.0. The normalized spacial score (nSPS) is 13.4. The first-order chi connectivity index (χ1) is 20.5. The summed E-state index contributed by atoms with van der Waals surface area (Å²) in [6, 6.07) is 13.4. The van der Waals surface area contributed by atoms with Crippen LogP contribution in [0.4, 0.5) is 14.6 Å². The van der Waals surface area contributed by atoms with Gasteiger partial charge in [-0.1, -0.05) is 0 Å². The molecule has 0 aliphatic carbocycles. The van der Waals surface area contributed by atoms with Crippen molar-refractivity contribution >= 4 is 11.7 Å². The van der Waals surface area contributed by atoms with Crippen molar-refractivity contribution in [2.24, 2.45) is 0 Å². The van der Waals surface area contributed by atoms with Gasteiger partial charge in [-0.2, -0.15) is 0 Å². The Kier molecular flexibility index (Phi) is 9.62. The smallest absolute Gasteiger partial charge is 0.244 e. The van der Waals surface area contributed by atoms with Crippen molar-refractivity contribution < 1.29 is 27.8 Å². The van der Waals surface area contributed by atoms with Gasteiger partial charge >= 0.3 is 0 Å². The monoisotopic (exact) mass is 579 g/mol. The maximum Gasteiger partial charge on any atom is 0.244 e. The van der Waals surface area contributed by atoms with E-state index in [9.17, 15) is 13.6 Å². The molecule has 1 aliphatic heterocycles. The summed E-state index contributed by atoms with van der Waals surface area (Å²) in [7, 11) is 1.62. The highest BCUT2D eigenvalue weighted by atomic mass is 19.1. The summed E-state index contributed by atoms with van der Waals surface area (Å²) in [5.41, 5.74) is 1.21. The van der Waals surface area contributed by atoms with E-state index < -0.39 is 0 Å². The van der Waals surface area contributed by atoms with Crippen LogP contribution in [0.1, 0.15) is 0 Å². The van der Waals surface area contributed by atoms with Crippen molar-refractivity contribution in [2.45, 2.75) is 6.54 Å². The number of nitrogens with zero attached hydrogens (tertiary/aromatic N) is 7. The quantitative estimate of drug-likeness (QED) is 0.234. The molecule has 2 aromatic carbocycles. The second kappa shape index (κ2) is 13.9. The summed E-state index contributed by atoms with van der Waals surface area (Å²) in [6.45, 7) is 3.86. The molecule has 1 amide bonds. The second-order valence-corrected chi connectivity index (χ2v) is 9.47. The van der Waals surface area contributed by atoms with Gasteiger partial charge in [-0.05, 0) is 48.5 Å². The Morgan fingerprint density at radius 1 is 0.857 bits per heavy atom. The molecule has 42 heavy (non-hydrogen) atoms. The van der Waals surface area contributed by atoms with Gasteiger partial charge in [-0.25, -0.2) is 28.4 Å². The van der Waals surface area contributed by atoms with Crippen LogP contribution >= 0.6 is 0 Å². The zero-order chi connectivity index (χ0) is 29.3. The second-order valence-electron chi connectivity index (χ2n) is 9.47. The lowest BCUT2D eigenvalue weighted by atomic mass is 10.2. The molecule has 0 bridgehead atoms. The Labute approximate surface area is 241 Å². The number of hydrogen-bond donors (Lipinski definition) is 0. The SMILES string of the molecule is COCCOCCOc1cc(N2CCN(C(=O)Cn3nc(-c4ccc(F)cc4)nc3-c3ccc(F)cc3)CC2)ncn1. The van der Waals surface area contributed by atoms with E-state index in [1.54, 1.807) is 42.3 Å². The van der Waals surface area contributed by atoms with E-state index in [4.69, 9.17) is 14.2 Å². The number of piperazine rings is 1. The number of rotatable bonds is 12. The van der Waals surface area contributed by atoms with Gasteiger partial charge in [0.05, 0.1) is 19.8 Å². The number of carbonyl (C=O) groups is 1. The number of carbonyl (C=O) groups excluding carboxylic acids is 1. The van der Waals surface area contributed by atoms with Crippen LogP contribution < -0.4 is 9.64 Å². The topological polar surface area (TPSA) is 108 Å². The highest BCUT2D eigenvalue weighted by Gasteiger charge is 2.24. The number of halogens is 2. The summed E-state index contributed by atoms with van der Waals surface area (Å²) < 4.78 is 44.6. The van der Waals surface area contributed by atoms with Gasteiger partial charge in [0.1, 0.15) is 36.9 Å². The van der Waals surface area contributed by atoms with Crippen LogP contribution in [-0.2, 0) is 20.8 Å². The molecule has 0 unspecified atom stereocenters. The van der Waals surface area contributed by atoms with E-state index in [1.165, 1.54) is 35.3 Å². The fraction of sp³-hybridized carbons (Fsp3) is 0.345. The molecule has 3 heterocycles. The van der Waals surface area contributed by atoms with E-state index in [-0.39, 0.29) is 24.1 Å². The van der Waals surface area contributed by atoms with Crippen molar-refractivity contribution in [1.82, 2.24) is 29.6 Å². The molecule has 11 nitrogen and oxygen atoms in total. The molecular weight excluding hydrogens is 548 g/mol. The average molecular weight is 580 g/mol. The highest BCUT2D eigenvalue weighted by Crippen LogP contribution is 2.24. The van der Waals surface area contributed by atoms with Crippen LogP contribution in [0.15, 0.2) is 60.9 Å². The minimum Gasteiger partial charge on any atom is -0.475 e. The van der Waals surface area contributed by atoms with Gasteiger partial charge in [0.25, 0.3) is 0 Å². The Hall–Kier alpha value is -4.49.